The first-order valence-electron chi connectivity index (χ1n) is 2.37. The molecule has 0 spiro atoms. The molecule has 0 saturated carbocycles. The molecule has 0 heterocycles. The molecule has 0 unspecified atom stereocenters. The summed E-state index contributed by atoms with van der Waals surface area (Å²) in [5.74, 6) is -1.07. The van der Waals surface area contributed by atoms with Crippen molar-refractivity contribution in [3.8, 4) is 5.75 Å². The van der Waals surface area contributed by atoms with Crippen molar-refractivity contribution in [2.24, 2.45) is 0 Å². The molecule has 0 bridgehead atoms. The fourth-order valence-corrected chi connectivity index (χ4v) is 0.507. The van der Waals surface area contributed by atoms with Gasteiger partial charge in [-0.1, -0.05) is 12.1 Å². The highest BCUT2D eigenvalue weighted by Crippen LogP contribution is 2.14. The topological polar surface area (TPSA) is 9.23 Å². The van der Waals surface area contributed by atoms with Gasteiger partial charge in [-0.15, -0.1) is 0 Å². The molecule has 1 nitrogen and oxygen atoms in total. The van der Waals surface area contributed by atoms with E-state index in [0.29, 0.717) is 0 Å². The standard InChI is InChI=1S/C6H4F2O/c7-5-3-1-2-4-6(5)9-8/h1-4H. The SMILES string of the molecule is FOc1ccccc1F. The van der Waals surface area contributed by atoms with Gasteiger partial charge in [0.2, 0.25) is 5.75 Å². The molecular formula is C6H4F2O. The van der Waals surface area contributed by atoms with Crippen LogP contribution in [-0.4, -0.2) is 0 Å². The summed E-state index contributed by atoms with van der Waals surface area (Å²) < 4.78 is 23.5. The highest BCUT2D eigenvalue weighted by atomic mass is 19.3. The Balaban J connectivity index is 3.01. The minimum Gasteiger partial charge on any atom is -0.291 e. The molecule has 0 aliphatic rings. The third-order valence-electron chi connectivity index (χ3n) is 0.920. The fraction of sp³-hybridized carbons (Fsp3) is 0. The van der Waals surface area contributed by atoms with Crippen LogP contribution in [0, 0.1) is 5.82 Å². The van der Waals surface area contributed by atoms with Gasteiger partial charge in [0.1, 0.15) is 0 Å². The average molecular weight is 130 g/mol. The number of halogens is 2. The van der Waals surface area contributed by atoms with Crippen molar-refractivity contribution in [3.63, 3.8) is 0 Å². The van der Waals surface area contributed by atoms with Crippen molar-refractivity contribution < 1.29 is 13.9 Å². The second-order valence-corrected chi connectivity index (χ2v) is 1.51. The summed E-state index contributed by atoms with van der Waals surface area (Å²) in [6.07, 6.45) is 0. The Morgan fingerprint density at radius 3 is 2.33 bits per heavy atom. The minimum absolute atomic E-state index is 0.377. The molecule has 0 N–H and O–H groups in total. The summed E-state index contributed by atoms with van der Waals surface area (Å²) in [5, 5.41) is 0. The van der Waals surface area contributed by atoms with Crippen LogP contribution in [0.1, 0.15) is 0 Å². The molecule has 48 valence electrons. The maximum absolute atomic E-state index is 12.2. The largest absolute Gasteiger partial charge is 0.291 e. The van der Waals surface area contributed by atoms with Crippen LogP contribution in [0.4, 0.5) is 8.92 Å². The van der Waals surface area contributed by atoms with Crippen LogP contribution in [0.2, 0.25) is 0 Å². The molecule has 0 aliphatic heterocycles. The lowest BCUT2D eigenvalue weighted by Gasteiger charge is -1.91. The number of rotatable bonds is 1. The molecule has 0 aliphatic carbocycles. The first-order valence-corrected chi connectivity index (χ1v) is 2.37. The molecule has 3 heteroatoms. The lowest BCUT2D eigenvalue weighted by Crippen LogP contribution is -1.80. The van der Waals surface area contributed by atoms with Gasteiger partial charge in [0.05, 0.1) is 0 Å². The van der Waals surface area contributed by atoms with Crippen molar-refractivity contribution in [2.45, 2.75) is 0 Å². The van der Waals surface area contributed by atoms with E-state index < -0.39 is 5.82 Å². The Morgan fingerprint density at radius 2 is 1.89 bits per heavy atom. The van der Waals surface area contributed by atoms with Gasteiger partial charge in [0.15, 0.2) is 5.82 Å². The van der Waals surface area contributed by atoms with Gasteiger partial charge in [0.25, 0.3) is 0 Å². The van der Waals surface area contributed by atoms with Crippen LogP contribution in [0.25, 0.3) is 0 Å². The Bertz CT molecular complexity index is 200. The molecule has 0 saturated heterocycles. The van der Waals surface area contributed by atoms with Gasteiger partial charge in [-0.3, -0.25) is 4.94 Å². The van der Waals surface area contributed by atoms with Crippen LogP contribution in [0.15, 0.2) is 24.3 Å². The average Bonchev–Trinajstić information content (AvgIpc) is 1.89. The highest BCUT2D eigenvalue weighted by molar-refractivity contribution is 5.22. The second kappa shape index (κ2) is 2.44. The predicted molar refractivity (Wildman–Crippen MR) is 28.1 cm³/mol. The van der Waals surface area contributed by atoms with E-state index in [4.69, 9.17) is 0 Å². The van der Waals surface area contributed by atoms with E-state index in [0.717, 1.165) is 6.07 Å². The summed E-state index contributed by atoms with van der Waals surface area (Å²) in [4.78, 5) is 3.17. The third-order valence-corrected chi connectivity index (χ3v) is 0.920. The first kappa shape index (κ1) is 6.01. The molecule has 0 fully saturated rings. The predicted octanol–water partition coefficient (Wildman–Crippen LogP) is 2.09. The maximum Gasteiger partial charge on any atom is 0.207 e. The number of hydrogen-bond acceptors (Lipinski definition) is 1. The van der Waals surface area contributed by atoms with Crippen LogP contribution in [-0.2, 0) is 0 Å². The molecule has 1 aromatic rings. The van der Waals surface area contributed by atoms with Crippen molar-refractivity contribution in [3.05, 3.63) is 30.1 Å². The molecular weight excluding hydrogens is 126 g/mol. The Labute approximate surface area is 50.8 Å². The zero-order valence-electron chi connectivity index (χ0n) is 4.47. The van der Waals surface area contributed by atoms with Crippen LogP contribution < -0.4 is 4.94 Å². The Hall–Kier alpha value is -1.12. The van der Waals surface area contributed by atoms with Gasteiger partial charge in [-0.2, -0.15) is 0 Å². The minimum atomic E-state index is -0.694. The van der Waals surface area contributed by atoms with Crippen LogP contribution >= 0.6 is 0 Å². The lowest BCUT2D eigenvalue weighted by atomic mass is 10.3. The van der Waals surface area contributed by atoms with Gasteiger partial charge in [-0.05, 0) is 12.1 Å². The molecule has 1 aromatic carbocycles. The summed E-state index contributed by atoms with van der Waals surface area (Å²) >= 11 is 0. The molecule has 0 atom stereocenters. The highest BCUT2D eigenvalue weighted by Gasteiger charge is 1.98. The zero-order valence-corrected chi connectivity index (χ0v) is 4.47. The molecule has 0 amide bonds. The van der Waals surface area contributed by atoms with Crippen molar-refractivity contribution in [1.29, 1.82) is 0 Å². The third kappa shape index (κ3) is 1.16. The van der Waals surface area contributed by atoms with E-state index in [9.17, 15) is 8.92 Å². The van der Waals surface area contributed by atoms with Gasteiger partial charge >= 0.3 is 0 Å². The van der Waals surface area contributed by atoms with E-state index in [-0.39, 0.29) is 5.75 Å². The van der Waals surface area contributed by atoms with Crippen molar-refractivity contribution in [1.82, 2.24) is 0 Å². The van der Waals surface area contributed by atoms with E-state index in [1.807, 2.05) is 0 Å². The van der Waals surface area contributed by atoms with E-state index >= 15 is 0 Å². The van der Waals surface area contributed by atoms with Gasteiger partial charge in [-0.25, -0.2) is 4.39 Å². The maximum atomic E-state index is 12.2. The Morgan fingerprint density at radius 1 is 1.22 bits per heavy atom. The fourth-order valence-electron chi connectivity index (χ4n) is 0.507. The Kier molecular flexibility index (Phi) is 1.63. The van der Waals surface area contributed by atoms with E-state index in [1.54, 1.807) is 0 Å². The normalized spacial score (nSPS) is 9.11. The quantitative estimate of drug-likeness (QED) is 0.565. The summed E-state index contributed by atoms with van der Waals surface area (Å²) in [6.45, 7) is 0. The monoisotopic (exact) mass is 130 g/mol. The molecule has 0 aromatic heterocycles. The van der Waals surface area contributed by atoms with Crippen LogP contribution in [0.5, 0.6) is 5.75 Å². The lowest BCUT2D eigenvalue weighted by molar-refractivity contribution is -0.0106. The summed E-state index contributed by atoms with van der Waals surface area (Å²) in [5.41, 5.74) is 0. The number of benzene rings is 1. The molecule has 1 rings (SSSR count). The smallest absolute Gasteiger partial charge is 0.207 e. The second-order valence-electron chi connectivity index (χ2n) is 1.51. The number of para-hydroxylation sites is 1. The molecule has 9 heavy (non-hydrogen) atoms. The summed E-state index contributed by atoms with van der Waals surface area (Å²) in [7, 11) is 0. The zero-order chi connectivity index (χ0) is 6.69. The summed E-state index contributed by atoms with van der Waals surface area (Å²) in [6, 6.07) is 5.26. The van der Waals surface area contributed by atoms with Crippen molar-refractivity contribution in [2.75, 3.05) is 0 Å². The first-order chi connectivity index (χ1) is 4.34. The van der Waals surface area contributed by atoms with Gasteiger partial charge < -0.3 is 0 Å². The number of hydrogen-bond donors (Lipinski definition) is 0. The van der Waals surface area contributed by atoms with E-state index in [1.165, 1.54) is 18.2 Å². The van der Waals surface area contributed by atoms with Crippen LogP contribution in [0.3, 0.4) is 0 Å². The van der Waals surface area contributed by atoms with E-state index in [2.05, 4.69) is 4.94 Å². The molecule has 0 radical (unpaired) electrons. The van der Waals surface area contributed by atoms with Crippen molar-refractivity contribution >= 4 is 0 Å². The van der Waals surface area contributed by atoms with Gasteiger partial charge in [0, 0.05) is 4.53 Å².